The second-order valence-corrected chi connectivity index (χ2v) is 4.71. The average molecular weight is 232 g/mol. The summed E-state index contributed by atoms with van der Waals surface area (Å²) in [5, 5.41) is 3.13. The van der Waals surface area contributed by atoms with Crippen LogP contribution in [0.25, 0.3) is 0 Å². The molecule has 5 heteroatoms. The predicted molar refractivity (Wildman–Crippen MR) is 56.3 cm³/mol. The van der Waals surface area contributed by atoms with E-state index in [2.05, 4.69) is 5.32 Å². The van der Waals surface area contributed by atoms with E-state index in [1.165, 1.54) is 0 Å². The Bertz CT molecular complexity index is 254. The van der Waals surface area contributed by atoms with Gasteiger partial charge < -0.3 is 10.2 Å². The van der Waals surface area contributed by atoms with E-state index in [0.29, 0.717) is 25.9 Å². The molecular formula is C11H18F2N2O. The summed E-state index contributed by atoms with van der Waals surface area (Å²) in [5.41, 5.74) is 0. The van der Waals surface area contributed by atoms with Crippen LogP contribution in [0, 0.1) is 11.8 Å². The largest absolute Gasteiger partial charge is 0.342 e. The Morgan fingerprint density at radius 1 is 1.38 bits per heavy atom. The van der Waals surface area contributed by atoms with Crippen molar-refractivity contribution >= 4 is 5.91 Å². The summed E-state index contributed by atoms with van der Waals surface area (Å²) in [5.74, 6) is -0.543. The molecule has 2 saturated heterocycles. The molecule has 0 bridgehead atoms. The van der Waals surface area contributed by atoms with Gasteiger partial charge in [-0.1, -0.05) is 0 Å². The van der Waals surface area contributed by atoms with Crippen LogP contribution in [0.2, 0.25) is 0 Å². The number of alkyl halides is 2. The van der Waals surface area contributed by atoms with Gasteiger partial charge in [0.15, 0.2) is 0 Å². The highest BCUT2D eigenvalue weighted by atomic mass is 19.3. The number of carbonyl (C=O) groups excluding carboxylic acids is 1. The van der Waals surface area contributed by atoms with Crippen molar-refractivity contribution < 1.29 is 13.6 Å². The van der Waals surface area contributed by atoms with Crippen LogP contribution in [0.5, 0.6) is 0 Å². The first-order valence-corrected chi connectivity index (χ1v) is 5.96. The molecule has 92 valence electrons. The first-order chi connectivity index (χ1) is 7.68. The molecule has 3 nitrogen and oxygen atoms in total. The molecule has 2 fully saturated rings. The van der Waals surface area contributed by atoms with Crippen LogP contribution >= 0.6 is 0 Å². The second kappa shape index (κ2) is 5.08. The van der Waals surface area contributed by atoms with Crippen LogP contribution in [-0.4, -0.2) is 43.4 Å². The predicted octanol–water partition coefficient (Wildman–Crippen LogP) is 1.10. The minimum atomic E-state index is -2.29. The number of hydrogen-bond acceptors (Lipinski definition) is 2. The Kier molecular flexibility index (Phi) is 3.74. The van der Waals surface area contributed by atoms with Crippen LogP contribution in [0.3, 0.4) is 0 Å². The highest BCUT2D eigenvalue weighted by Crippen LogP contribution is 2.24. The van der Waals surface area contributed by atoms with E-state index in [1.807, 2.05) is 0 Å². The van der Waals surface area contributed by atoms with Crippen LogP contribution in [-0.2, 0) is 4.79 Å². The summed E-state index contributed by atoms with van der Waals surface area (Å²) < 4.78 is 25.2. The number of rotatable bonds is 2. The molecule has 2 aliphatic rings. The van der Waals surface area contributed by atoms with Crippen molar-refractivity contribution in [3.05, 3.63) is 0 Å². The van der Waals surface area contributed by atoms with Gasteiger partial charge in [0.1, 0.15) is 0 Å². The quantitative estimate of drug-likeness (QED) is 0.773. The third-order valence-electron chi connectivity index (χ3n) is 3.54. The molecule has 0 unspecified atom stereocenters. The lowest BCUT2D eigenvalue weighted by Crippen LogP contribution is -2.45. The molecule has 0 saturated carbocycles. The molecule has 2 heterocycles. The van der Waals surface area contributed by atoms with Crippen molar-refractivity contribution in [1.82, 2.24) is 10.2 Å². The first kappa shape index (κ1) is 11.8. The lowest BCUT2D eigenvalue weighted by molar-refractivity contribution is -0.138. The van der Waals surface area contributed by atoms with Gasteiger partial charge in [0.25, 0.3) is 0 Å². The molecule has 0 aliphatic carbocycles. The summed E-state index contributed by atoms with van der Waals surface area (Å²) >= 11 is 0. The Balaban J connectivity index is 1.90. The molecule has 0 aromatic heterocycles. The smallest absolute Gasteiger partial charge is 0.243 e. The number of piperidine rings is 1. The maximum atomic E-state index is 12.6. The van der Waals surface area contributed by atoms with E-state index in [-0.39, 0.29) is 18.4 Å². The van der Waals surface area contributed by atoms with Gasteiger partial charge in [0.05, 0.1) is 5.92 Å². The maximum Gasteiger partial charge on any atom is 0.243 e. The molecule has 0 radical (unpaired) electrons. The SMILES string of the molecule is O=C([C@H]1CCNC1)N1CCC[C@@H](C(F)F)C1. The Hall–Kier alpha value is -0.710. The molecule has 16 heavy (non-hydrogen) atoms. The standard InChI is InChI=1S/C11H18F2N2O/c12-10(13)9-2-1-5-15(7-9)11(16)8-3-4-14-6-8/h8-10,14H,1-7H2/t8-,9+/m0/s1. The molecule has 2 aliphatic heterocycles. The summed E-state index contributed by atoms with van der Waals surface area (Å²) in [7, 11) is 0. The lowest BCUT2D eigenvalue weighted by Gasteiger charge is -2.33. The summed E-state index contributed by atoms with van der Waals surface area (Å²) in [6, 6.07) is 0. The monoisotopic (exact) mass is 232 g/mol. The normalized spacial score (nSPS) is 31.1. The zero-order valence-corrected chi connectivity index (χ0v) is 9.29. The van der Waals surface area contributed by atoms with Gasteiger partial charge in [-0.2, -0.15) is 0 Å². The minimum Gasteiger partial charge on any atom is -0.342 e. The summed E-state index contributed by atoms with van der Waals surface area (Å²) in [6.07, 6.45) is -0.197. The topological polar surface area (TPSA) is 32.3 Å². The summed E-state index contributed by atoms with van der Waals surface area (Å²) in [6.45, 7) is 2.46. The third-order valence-corrected chi connectivity index (χ3v) is 3.54. The number of nitrogens with one attached hydrogen (secondary N) is 1. The zero-order chi connectivity index (χ0) is 11.5. The van der Waals surface area contributed by atoms with E-state index >= 15 is 0 Å². The molecule has 1 N–H and O–H groups in total. The number of halogens is 2. The van der Waals surface area contributed by atoms with Gasteiger partial charge in [-0.3, -0.25) is 4.79 Å². The molecule has 2 rings (SSSR count). The van der Waals surface area contributed by atoms with Crippen molar-refractivity contribution in [1.29, 1.82) is 0 Å². The van der Waals surface area contributed by atoms with Crippen LogP contribution < -0.4 is 5.32 Å². The van der Waals surface area contributed by atoms with E-state index in [9.17, 15) is 13.6 Å². The number of nitrogens with zero attached hydrogens (tertiary/aromatic N) is 1. The van der Waals surface area contributed by atoms with Gasteiger partial charge in [0, 0.05) is 25.6 Å². The van der Waals surface area contributed by atoms with Gasteiger partial charge in [0.2, 0.25) is 12.3 Å². The van der Waals surface area contributed by atoms with Crippen LogP contribution in [0.4, 0.5) is 8.78 Å². The second-order valence-electron chi connectivity index (χ2n) is 4.71. The lowest BCUT2D eigenvalue weighted by atomic mass is 9.96. The molecule has 1 amide bonds. The Morgan fingerprint density at radius 3 is 2.81 bits per heavy atom. The molecule has 0 aromatic rings. The molecule has 0 aromatic carbocycles. The fourth-order valence-electron chi connectivity index (χ4n) is 2.54. The van der Waals surface area contributed by atoms with Crippen LogP contribution in [0.15, 0.2) is 0 Å². The Labute approximate surface area is 94.2 Å². The van der Waals surface area contributed by atoms with Gasteiger partial charge in [-0.15, -0.1) is 0 Å². The fraction of sp³-hybridized carbons (Fsp3) is 0.909. The molecule has 0 spiro atoms. The molecule has 2 atom stereocenters. The number of carbonyl (C=O) groups is 1. The van der Waals surface area contributed by atoms with E-state index < -0.39 is 12.3 Å². The fourth-order valence-corrected chi connectivity index (χ4v) is 2.54. The minimum absolute atomic E-state index is 0.0106. The number of hydrogen-bond donors (Lipinski definition) is 1. The van der Waals surface area contributed by atoms with Crippen molar-refractivity contribution in [2.45, 2.75) is 25.7 Å². The van der Waals surface area contributed by atoms with Crippen LogP contribution in [0.1, 0.15) is 19.3 Å². The Morgan fingerprint density at radius 2 is 2.19 bits per heavy atom. The van der Waals surface area contributed by atoms with Crippen molar-refractivity contribution in [2.75, 3.05) is 26.2 Å². The van der Waals surface area contributed by atoms with E-state index in [1.54, 1.807) is 4.90 Å². The first-order valence-electron chi connectivity index (χ1n) is 5.96. The van der Waals surface area contributed by atoms with Crippen molar-refractivity contribution in [3.8, 4) is 0 Å². The number of amides is 1. The summed E-state index contributed by atoms with van der Waals surface area (Å²) in [4.78, 5) is 13.6. The highest BCUT2D eigenvalue weighted by Gasteiger charge is 2.33. The van der Waals surface area contributed by atoms with E-state index in [4.69, 9.17) is 0 Å². The zero-order valence-electron chi connectivity index (χ0n) is 9.29. The van der Waals surface area contributed by atoms with Gasteiger partial charge >= 0.3 is 0 Å². The highest BCUT2D eigenvalue weighted by molar-refractivity contribution is 5.79. The van der Waals surface area contributed by atoms with Gasteiger partial charge in [-0.05, 0) is 25.8 Å². The average Bonchev–Trinajstić information content (AvgIpc) is 2.81. The van der Waals surface area contributed by atoms with Crippen molar-refractivity contribution in [2.24, 2.45) is 11.8 Å². The third kappa shape index (κ3) is 2.51. The molecular weight excluding hydrogens is 214 g/mol. The van der Waals surface area contributed by atoms with Crippen molar-refractivity contribution in [3.63, 3.8) is 0 Å². The van der Waals surface area contributed by atoms with E-state index in [0.717, 1.165) is 13.0 Å². The maximum absolute atomic E-state index is 12.6. The van der Waals surface area contributed by atoms with Gasteiger partial charge in [-0.25, -0.2) is 8.78 Å². The number of likely N-dealkylation sites (tertiary alicyclic amines) is 1.